The zero-order valence-corrected chi connectivity index (χ0v) is 8.10. The second kappa shape index (κ2) is 4.83. The third kappa shape index (κ3) is 3.11. The van der Waals surface area contributed by atoms with Gasteiger partial charge in [0.25, 0.3) is 0 Å². The van der Waals surface area contributed by atoms with Crippen LogP contribution in [-0.4, -0.2) is 25.3 Å². The van der Waals surface area contributed by atoms with Gasteiger partial charge >= 0.3 is 0 Å². The zero-order chi connectivity index (χ0) is 8.86. The van der Waals surface area contributed by atoms with Gasteiger partial charge in [0, 0.05) is 6.61 Å². The van der Waals surface area contributed by atoms with Crippen LogP contribution in [0.2, 0.25) is 0 Å². The standard InChI is InChI=1S/C10H21NO/c1-11-8-4-2-3-5-10(9-12)6-7-10/h11-12H,2-9H2,1H3. The molecule has 0 bridgehead atoms. The van der Waals surface area contributed by atoms with Crippen molar-refractivity contribution in [1.29, 1.82) is 0 Å². The molecule has 0 unspecified atom stereocenters. The van der Waals surface area contributed by atoms with Gasteiger partial charge in [0.05, 0.1) is 0 Å². The van der Waals surface area contributed by atoms with Crippen molar-refractivity contribution in [3.63, 3.8) is 0 Å². The van der Waals surface area contributed by atoms with E-state index in [4.69, 9.17) is 5.11 Å². The quantitative estimate of drug-likeness (QED) is 0.569. The number of aliphatic hydroxyl groups excluding tert-OH is 1. The molecule has 2 heteroatoms. The highest BCUT2D eigenvalue weighted by Gasteiger charge is 2.40. The Morgan fingerprint density at radius 3 is 2.50 bits per heavy atom. The van der Waals surface area contributed by atoms with Crippen molar-refractivity contribution in [2.45, 2.75) is 38.5 Å². The van der Waals surface area contributed by atoms with Gasteiger partial charge in [-0.25, -0.2) is 0 Å². The van der Waals surface area contributed by atoms with E-state index in [2.05, 4.69) is 5.32 Å². The van der Waals surface area contributed by atoms with Crippen molar-refractivity contribution in [1.82, 2.24) is 5.32 Å². The lowest BCUT2D eigenvalue weighted by atomic mass is 9.99. The van der Waals surface area contributed by atoms with Crippen molar-refractivity contribution >= 4 is 0 Å². The second-order valence-electron chi connectivity index (χ2n) is 4.07. The maximum absolute atomic E-state index is 9.05. The fourth-order valence-electron chi connectivity index (χ4n) is 1.64. The van der Waals surface area contributed by atoms with Gasteiger partial charge in [0.1, 0.15) is 0 Å². The summed E-state index contributed by atoms with van der Waals surface area (Å²) < 4.78 is 0. The molecule has 0 aromatic heterocycles. The molecule has 0 saturated heterocycles. The van der Waals surface area contributed by atoms with Gasteiger partial charge in [0.15, 0.2) is 0 Å². The fraction of sp³-hybridized carbons (Fsp3) is 1.00. The molecular weight excluding hydrogens is 150 g/mol. The number of aliphatic hydroxyl groups is 1. The van der Waals surface area contributed by atoms with Crippen LogP contribution in [0.15, 0.2) is 0 Å². The molecule has 1 aliphatic rings. The highest BCUT2D eigenvalue weighted by Crippen LogP contribution is 2.49. The molecule has 0 atom stereocenters. The van der Waals surface area contributed by atoms with E-state index >= 15 is 0 Å². The third-order valence-corrected chi connectivity index (χ3v) is 2.93. The average molecular weight is 171 g/mol. The molecular formula is C10H21NO. The summed E-state index contributed by atoms with van der Waals surface area (Å²) in [7, 11) is 2.00. The van der Waals surface area contributed by atoms with E-state index < -0.39 is 0 Å². The summed E-state index contributed by atoms with van der Waals surface area (Å²) in [5, 5.41) is 12.2. The Morgan fingerprint density at radius 2 is 2.00 bits per heavy atom. The second-order valence-corrected chi connectivity index (χ2v) is 4.07. The van der Waals surface area contributed by atoms with Crippen LogP contribution < -0.4 is 5.32 Å². The highest BCUT2D eigenvalue weighted by molar-refractivity contribution is 4.91. The molecule has 0 amide bonds. The normalized spacial score (nSPS) is 19.5. The van der Waals surface area contributed by atoms with Crippen molar-refractivity contribution < 1.29 is 5.11 Å². The van der Waals surface area contributed by atoms with Crippen LogP contribution in [0.1, 0.15) is 38.5 Å². The van der Waals surface area contributed by atoms with Crippen LogP contribution in [0.4, 0.5) is 0 Å². The summed E-state index contributed by atoms with van der Waals surface area (Å²) in [6.45, 7) is 1.55. The van der Waals surface area contributed by atoms with Gasteiger partial charge in [-0.05, 0) is 44.7 Å². The van der Waals surface area contributed by atoms with Crippen LogP contribution in [0.25, 0.3) is 0 Å². The first-order chi connectivity index (χ1) is 5.83. The molecule has 1 saturated carbocycles. The largest absolute Gasteiger partial charge is 0.396 e. The molecule has 0 radical (unpaired) electrons. The Bertz CT molecular complexity index is 121. The van der Waals surface area contributed by atoms with Crippen LogP contribution in [0.3, 0.4) is 0 Å². The number of unbranched alkanes of at least 4 members (excludes halogenated alkanes) is 2. The van der Waals surface area contributed by atoms with Crippen LogP contribution in [-0.2, 0) is 0 Å². The van der Waals surface area contributed by atoms with Crippen LogP contribution in [0, 0.1) is 5.41 Å². The molecule has 0 heterocycles. The summed E-state index contributed by atoms with van der Waals surface area (Å²) in [4.78, 5) is 0. The van der Waals surface area contributed by atoms with Crippen molar-refractivity contribution in [3.8, 4) is 0 Å². The number of hydrogen-bond donors (Lipinski definition) is 2. The minimum atomic E-state index is 0.375. The minimum absolute atomic E-state index is 0.375. The minimum Gasteiger partial charge on any atom is -0.396 e. The molecule has 12 heavy (non-hydrogen) atoms. The van der Waals surface area contributed by atoms with Crippen LogP contribution in [0.5, 0.6) is 0 Å². The van der Waals surface area contributed by atoms with Crippen LogP contribution >= 0.6 is 0 Å². The van der Waals surface area contributed by atoms with E-state index in [1.54, 1.807) is 0 Å². The molecule has 0 aromatic carbocycles. The molecule has 1 fully saturated rings. The summed E-state index contributed by atoms with van der Waals surface area (Å²) in [5.74, 6) is 0. The van der Waals surface area contributed by atoms with E-state index in [1.165, 1.54) is 38.5 Å². The fourth-order valence-corrected chi connectivity index (χ4v) is 1.64. The summed E-state index contributed by atoms with van der Waals surface area (Å²) in [6, 6.07) is 0. The third-order valence-electron chi connectivity index (χ3n) is 2.93. The summed E-state index contributed by atoms with van der Waals surface area (Å²) in [5.41, 5.74) is 0.375. The van der Waals surface area contributed by atoms with E-state index in [9.17, 15) is 0 Å². The first-order valence-corrected chi connectivity index (χ1v) is 5.08. The average Bonchev–Trinajstić information content (AvgIpc) is 2.85. The Morgan fingerprint density at radius 1 is 1.25 bits per heavy atom. The Hall–Kier alpha value is -0.0800. The molecule has 0 aromatic rings. The molecule has 1 rings (SSSR count). The first kappa shape index (κ1) is 10.0. The number of nitrogens with one attached hydrogen (secondary N) is 1. The predicted octanol–water partition coefficient (Wildman–Crippen LogP) is 1.54. The lowest BCUT2D eigenvalue weighted by Crippen LogP contribution is -2.09. The maximum atomic E-state index is 9.05. The molecule has 2 N–H and O–H groups in total. The SMILES string of the molecule is CNCCCCCC1(CO)CC1. The van der Waals surface area contributed by atoms with Gasteiger partial charge in [-0.2, -0.15) is 0 Å². The van der Waals surface area contributed by atoms with Gasteiger partial charge in [0.2, 0.25) is 0 Å². The Kier molecular flexibility index (Phi) is 4.02. The number of hydrogen-bond acceptors (Lipinski definition) is 2. The molecule has 0 spiro atoms. The first-order valence-electron chi connectivity index (χ1n) is 5.08. The maximum Gasteiger partial charge on any atom is 0.0487 e. The predicted molar refractivity (Wildman–Crippen MR) is 51.1 cm³/mol. The highest BCUT2D eigenvalue weighted by atomic mass is 16.3. The Labute approximate surface area is 75.4 Å². The van der Waals surface area contributed by atoms with Gasteiger partial charge in [-0.3, -0.25) is 0 Å². The van der Waals surface area contributed by atoms with Gasteiger partial charge in [-0.1, -0.05) is 12.8 Å². The van der Waals surface area contributed by atoms with Gasteiger partial charge < -0.3 is 10.4 Å². The van der Waals surface area contributed by atoms with Crippen molar-refractivity contribution in [2.75, 3.05) is 20.2 Å². The van der Waals surface area contributed by atoms with Crippen molar-refractivity contribution in [2.24, 2.45) is 5.41 Å². The summed E-state index contributed by atoms with van der Waals surface area (Å²) in [6.07, 6.45) is 7.64. The Balaban J connectivity index is 1.89. The number of rotatable bonds is 7. The molecule has 2 nitrogen and oxygen atoms in total. The molecule has 1 aliphatic carbocycles. The lowest BCUT2D eigenvalue weighted by Gasteiger charge is -2.10. The van der Waals surface area contributed by atoms with Gasteiger partial charge in [-0.15, -0.1) is 0 Å². The van der Waals surface area contributed by atoms with E-state index in [0.717, 1.165) is 6.54 Å². The molecule has 0 aliphatic heterocycles. The monoisotopic (exact) mass is 171 g/mol. The van der Waals surface area contributed by atoms with E-state index in [1.807, 2.05) is 7.05 Å². The topological polar surface area (TPSA) is 32.3 Å². The van der Waals surface area contributed by atoms with E-state index in [-0.39, 0.29) is 0 Å². The van der Waals surface area contributed by atoms with Crippen molar-refractivity contribution in [3.05, 3.63) is 0 Å². The smallest absolute Gasteiger partial charge is 0.0487 e. The summed E-state index contributed by atoms with van der Waals surface area (Å²) >= 11 is 0. The zero-order valence-electron chi connectivity index (χ0n) is 8.10. The van der Waals surface area contributed by atoms with E-state index in [0.29, 0.717) is 12.0 Å². The molecule has 72 valence electrons. The lowest BCUT2D eigenvalue weighted by molar-refractivity contribution is 0.200.